The van der Waals surface area contributed by atoms with E-state index < -0.39 is 5.91 Å². The third-order valence-corrected chi connectivity index (χ3v) is 8.19. The molecule has 5 aliphatic carbocycles. The molecule has 4 N–H and O–H groups in total. The van der Waals surface area contributed by atoms with Gasteiger partial charge in [0, 0.05) is 31.1 Å². The van der Waals surface area contributed by atoms with Crippen LogP contribution in [-0.2, 0) is 11.8 Å². The maximum absolute atomic E-state index is 12.3. The molecule has 2 atom stereocenters. The highest BCUT2D eigenvalue weighted by molar-refractivity contribution is 5.91. The number of nitrogens with zero attached hydrogens (tertiary/aromatic N) is 3. The van der Waals surface area contributed by atoms with Crippen molar-refractivity contribution in [1.82, 2.24) is 9.78 Å². The Morgan fingerprint density at radius 3 is 2.39 bits per heavy atom. The van der Waals surface area contributed by atoms with Crippen LogP contribution in [0, 0.1) is 29.1 Å². The Kier molecular flexibility index (Phi) is 4.00. The fourth-order valence-corrected chi connectivity index (χ4v) is 6.98. The summed E-state index contributed by atoms with van der Waals surface area (Å²) >= 11 is 0. The third kappa shape index (κ3) is 2.65. The normalized spacial score (nSPS) is 36.3. The smallest absolute Gasteiger partial charge is 0.269 e. The molecule has 152 valence electrons. The number of aryl methyl sites for hydroxylation is 1. The fraction of sp³-hybridized carbons (Fsp3) is 0.762. The lowest BCUT2D eigenvalue weighted by Gasteiger charge is -2.61. The number of hydrogen-bond donors (Lipinski definition) is 2. The molecular weight excluding hydrogens is 354 g/mol. The molecule has 0 aromatic carbocycles. The van der Waals surface area contributed by atoms with E-state index >= 15 is 0 Å². The van der Waals surface area contributed by atoms with Crippen molar-refractivity contribution in [2.75, 3.05) is 11.4 Å². The van der Waals surface area contributed by atoms with Crippen molar-refractivity contribution < 1.29 is 9.59 Å². The van der Waals surface area contributed by atoms with Gasteiger partial charge in [0.25, 0.3) is 5.91 Å². The first-order chi connectivity index (χ1) is 13.4. The minimum atomic E-state index is -0.483. The minimum Gasteiger partial charge on any atom is -0.369 e. The van der Waals surface area contributed by atoms with Crippen LogP contribution in [-0.4, -0.2) is 34.2 Å². The Bertz CT molecular complexity index is 798. The number of rotatable bonds is 6. The van der Waals surface area contributed by atoms with Crippen molar-refractivity contribution in [3.8, 4) is 0 Å². The van der Waals surface area contributed by atoms with Crippen molar-refractivity contribution in [3.63, 3.8) is 0 Å². The Labute approximate surface area is 165 Å². The second-order valence-electron chi connectivity index (χ2n) is 9.93. The predicted molar refractivity (Wildman–Crippen MR) is 105 cm³/mol. The topological polar surface area (TPSA) is 107 Å². The molecule has 0 aliphatic heterocycles. The summed E-state index contributed by atoms with van der Waals surface area (Å²) in [5.74, 6) is 2.74. The molecule has 6 rings (SSSR count). The average Bonchev–Trinajstić information content (AvgIpc) is 2.97. The van der Waals surface area contributed by atoms with Gasteiger partial charge in [0.05, 0.1) is 0 Å². The summed E-state index contributed by atoms with van der Waals surface area (Å²) in [6, 6.07) is 2.26. The van der Waals surface area contributed by atoms with E-state index in [0.717, 1.165) is 31.6 Å². The minimum absolute atomic E-state index is 0.0903. The predicted octanol–water partition coefficient (Wildman–Crippen LogP) is 1.81. The molecule has 5 fully saturated rings. The number of anilines is 1. The van der Waals surface area contributed by atoms with Crippen molar-refractivity contribution in [3.05, 3.63) is 11.8 Å². The van der Waals surface area contributed by atoms with E-state index in [1.54, 1.807) is 0 Å². The van der Waals surface area contributed by atoms with E-state index in [1.165, 1.54) is 32.1 Å². The first-order valence-electron chi connectivity index (χ1n) is 10.8. The number of primary amides is 2. The molecule has 5 saturated carbocycles. The first kappa shape index (κ1) is 18.0. The van der Waals surface area contributed by atoms with Crippen LogP contribution < -0.4 is 16.4 Å². The summed E-state index contributed by atoms with van der Waals surface area (Å²) in [6.07, 6.45) is 9.06. The average molecular weight is 386 g/mol. The number of carbonyl (C=O) groups excluding carboxylic acids is 2. The summed E-state index contributed by atoms with van der Waals surface area (Å²) in [4.78, 5) is 26.5. The molecule has 28 heavy (non-hydrogen) atoms. The summed E-state index contributed by atoms with van der Waals surface area (Å²) in [7, 11) is 1.90. The van der Waals surface area contributed by atoms with Crippen LogP contribution in [0.5, 0.6) is 0 Å². The summed E-state index contributed by atoms with van der Waals surface area (Å²) in [5, 5.41) is 4.36. The van der Waals surface area contributed by atoms with Crippen LogP contribution in [0.4, 0.5) is 5.82 Å². The Morgan fingerprint density at radius 1 is 1.21 bits per heavy atom. The molecule has 2 unspecified atom stereocenters. The lowest BCUT2D eigenvalue weighted by atomic mass is 9.47. The SMILES string of the molecule is Cn1nc(C(N)=O)cc1N(CC1CCC1)C1C2CC3CC1CC(C(N)=O)(C3)C2. The van der Waals surface area contributed by atoms with Crippen LogP contribution in [0.15, 0.2) is 6.07 Å². The molecule has 0 spiro atoms. The standard InChI is InChI=1S/C21H31N5O2/c1-25-17(7-16(24-25)19(22)27)26(11-12-3-2-4-12)18-14-5-13-6-15(18)10-21(8-13,9-14)20(23)28/h7,12-15,18H,2-6,8-11H2,1H3,(H2,22,27)(H2,23,28). The molecule has 4 bridgehead atoms. The molecule has 1 aromatic heterocycles. The van der Waals surface area contributed by atoms with Crippen LogP contribution in [0.3, 0.4) is 0 Å². The van der Waals surface area contributed by atoms with E-state index in [9.17, 15) is 9.59 Å². The highest BCUT2D eigenvalue weighted by Crippen LogP contribution is 2.61. The zero-order valence-corrected chi connectivity index (χ0v) is 16.6. The first-order valence-corrected chi connectivity index (χ1v) is 10.8. The summed E-state index contributed by atoms with van der Waals surface area (Å²) in [6.45, 7) is 1.00. The number of hydrogen-bond acceptors (Lipinski definition) is 4. The van der Waals surface area contributed by atoms with Crippen LogP contribution in [0.1, 0.15) is 61.9 Å². The van der Waals surface area contributed by atoms with Crippen molar-refractivity contribution in [1.29, 1.82) is 0 Å². The van der Waals surface area contributed by atoms with Gasteiger partial charge in [-0.3, -0.25) is 14.3 Å². The number of carbonyl (C=O) groups is 2. The second kappa shape index (κ2) is 6.22. The summed E-state index contributed by atoms with van der Waals surface area (Å²) in [5.41, 5.74) is 11.4. The fourth-order valence-electron chi connectivity index (χ4n) is 6.98. The molecule has 1 heterocycles. The molecular formula is C21H31N5O2. The quantitative estimate of drug-likeness (QED) is 0.778. The number of nitrogens with two attached hydrogens (primary N) is 2. The van der Waals surface area contributed by atoms with Crippen LogP contribution in [0.2, 0.25) is 0 Å². The van der Waals surface area contributed by atoms with Gasteiger partial charge in [-0.2, -0.15) is 5.10 Å². The number of aromatic nitrogens is 2. The molecule has 7 heteroatoms. The van der Waals surface area contributed by atoms with Crippen molar-refractivity contribution in [2.45, 2.75) is 57.4 Å². The Balaban J connectivity index is 1.50. The third-order valence-electron chi connectivity index (χ3n) is 8.19. The maximum atomic E-state index is 12.3. The van der Waals surface area contributed by atoms with Gasteiger partial charge in [-0.1, -0.05) is 6.42 Å². The Morgan fingerprint density at radius 2 is 1.89 bits per heavy atom. The van der Waals surface area contributed by atoms with E-state index in [1.807, 2.05) is 17.8 Å². The lowest BCUT2D eigenvalue weighted by Crippen LogP contribution is -2.63. The van der Waals surface area contributed by atoms with Crippen LogP contribution >= 0.6 is 0 Å². The van der Waals surface area contributed by atoms with E-state index in [-0.39, 0.29) is 11.3 Å². The van der Waals surface area contributed by atoms with Crippen LogP contribution in [0.25, 0.3) is 0 Å². The highest BCUT2D eigenvalue weighted by atomic mass is 16.1. The van der Waals surface area contributed by atoms with E-state index in [0.29, 0.717) is 35.4 Å². The van der Waals surface area contributed by atoms with E-state index in [4.69, 9.17) is 11.5 Å². The Hall–Kier alpha value is -2.05. The largest absolute Gasteiger partial charge is 0.369 e. The maximum Gasteiger partial charge on any atom is 0.269 e. The van der Waals surface area contributed by atoms with Gasteiger partial charge in [-0.15, -0.1) is 0 Å². The zero-order chi connectivity index (χ0) is 19.6. The van der Waals surface area contributed by atoms with Gasteiger partial charge < -0.3 is 16.4 Å². The van der Waals surface area contributed by atoms with Gasteiger partial charge in [0.1, 0.15) is 5.82 Å². The van der Waals surface area contributed by atoms with Gasteiger partial charge in [0.15, 0.2) is 5.69 Å². The molecule has 0 saturated heterocycles. The van der Waals surface area contributed by atoms with Gasteiger partial charge in [0.2, 0.25) is 5.91 Å². The second-order valence-corrected chi connectivity index (χ2v) is 9.93. The van der Waals surface area contributed by atoms with Gasteiger partial charge in [-0.25, -0.2) is 0 Å². The zero-order valence-electron chi connectivity index (χ0n) is 16.6. The van der Waals surface area contributed by atoms with Gasteiger partial charge >= 0.3 is 0 Å². The molecule has 7 nitrogen and oxygen atoms in total. The highest BCUT2D eigenvalue weighted by Gasteiger charge is 2.59. The van der Waals surface area contributed by atoms with Crippen molar-refractivity contribution in [2.24, 2.45) is 47.6 Å². The van der Waals surface area contributed by atoms with Crippen molar-refractivity contribution >= 4 is 17.6 Å². The molecule has 2 amide bonds. The molecule has 0 radical (unpaired) electrons. The molecule has 1 aromatic rings. The molecule has 5 aliphatic rings. The summed E-state index contributed by atoms with van der Waals surface area (Å²) < 4.78 is 1.81. The number of amides is 2. The lowest BCUT2D eigenvalue weighted by molar-refractivity contribution is -0.144. The van der Waals surface area contributed by atoms with Gasteiger partial charge in [-0.05, 0) is 68.6 Å². The monoisotopic (exact) mass is 385 g/mol. The van der Waals surface area contributed by atoms with E-state index in [2.05, 4.69) is 10.00 Å².